The van der Waals surface area contributed by atoms with Crippen LogP contribution in [0.25, 0.3) is 16.2 Å². The fraction of sp³-hybridized carbons (Fsp3) is 0.348. The normalized spacial score (nSPS) is 16.7. The maximum Gasteiger partial charge on any atom is 0.224 e. The monoisotopic (exact) mass is 451 g/mol. The van der Waals surface area contributed by atoms with E-state index in [0.717, 1.165) is 47.2 Å². The third-order valence-electron chi connectivity index (χ3n) is 5.69. The van der Waals surface area contributed by atoms with Gasteiger partial charge in [0.15, 0.2) is 0 Å². The molecule has 1 fully saturated rings. The number of carbonyl (C=O) groups excluding carboxylic acids is 1. The van der Waals surface area contributed by atoms with Crippen molar-refractivity contribution in [2.75, 3.05) is 24.5 Å². The molecule has 0 aliphatic carbocycles. The van der Waals surface area contributed by atoms with Crippen LogP contribution < -0.4 is 10.2 Å². The van der Waals surface area contributed by atoms with E-state index in [1.54, 1.807) is 22.7 Å². The van der Waals surface area contributed by atoms with E-state index in [1.807, 2.05) is 10.7 Å². The predicted molar refractivity (Wildman–Crippen MR) is 127 cm³/mol. The van der Waals surface area contributed by atoms with Crippen LogP contribution >= 0.6 is 22.7 Å². The molecule has 1 saturated heterocycles. The Morgan fingerprint density at radius 3 is 2.90 bits per heavy atom. The van der Waals surface area contributed by atoms with Gasteiger partial charge >= 0.3 is 0 Å². The average Bonchev–Trinajstić information content (AvgIpc) is 3.51. The number of fused-ring (bicyclic) bond motifs is 1. The van der Waals surface area contributed by atoms with Crippen LogP contribution in [-0.4, -0.2) is 40.1 Å². The van der Waals surface area contributed by atoms with Crippen LogP contribution in [0, 0.1) is 12.8 Å². The Labute approximate surface area is 189 Å². The van der Waals surface area contributed by atoms with Crippen molar-refractivity contribution in [1.82, 2.24) is 19.9 Å². The minimum Gasteiger partial charge on any atom is -0.355 e. The number of piperidine rings is 1. The molecule has 5 rings (SSSR count). The minimum absolute atomic E-state index is 0.0106. The highest BCUT2D eigenvalue weighted by Crippen LogP contribution is 2.30. The molecular weight excluding hydrogens is 426 g/mol. The van der Waals surface area contributed by atoms with E-state index in [1.165, 1.54) is 10.4 Å². The number of benzene rings is 1. The van der Waals surface area contributed by atoms with Gasteiger partial charge in [0.05, 0.1) is 17.8 Å². The molecule has 1 aromatic carbocycles. The van der Waals surface area contributed by atoms with Crippen LogP contribution in [0.3, 0.4) is 0 Å². The molecule has 31 heavy (non-hydrogen) atoms. The van der Waals surface area contributed by atoms with Crippen molar-refractivity contribution >= 4 is 38.7 Å². The molecule has 6 nitrogen and oxygen atoms in total. The minimum atomic E-state index is 0.0106. The Morgan fingerprint density at radius 2 is 2.13 bits per heavy atom. The summed E-state index contributed by atoms with van der Waals surface area (Å²) in [6, 6.07) is 12.5. The Morgan fingerprint density at radius 1 is 1.26 bits per heavy atom. The molecule has 0 radical (unpaired) electrons. The van der Waals surface area contributed by atoms with Crippen molar-refractivity contribution in [3.63, 3.8) is 0 Å². The Balaban J connectivity index is 1.22. The van der Waals surface area contributed by atoms with Crippen LogP contribution in [-0.2, 0) is 11.2 Å². The second-order valence-corrected chi connectivity index (χ2v) is 9.98. The molecule has 0 unspecified atom stereocenters. The van der Waals surface area contributed by atoms with Gasteiger partial charge in [0.2, 0.25) is 16.0 Å². The fourth-order valence-corrected chi connectivity index (χ4v) is 5.58. The molecule has 1 atom stereocenters. The Kier molecular flexibility index (Phi) is 5.74. The number of aromatic nitrogens is 3. The molecule has 4 aromatic rings. The van der Waals surface area contributed by atoms with Crippen molar-refractivity contribution in [1.29, 1.82) is 0 Å². The van der Waals surface area contributed by atoms with Gasteiger partial charge in [0.1, 0.15) is 0 Å². The van der Waals surface area contributed by atoms with Crippen LogP contribution in [0.5, 0.6) is 0 Å². The molecule has 160 valence electrons. The molecule has 1 aliphatic rings. The number of nitrogens with zero attached hydrogens (tertiary/aromatic N) is 4. The van der Waals surface area contributed by atoms with Crippen molar-refractivity contribution in [3.05, 3.63) is 58.4 Å². The molecule has 4 heterocycles. The predicted octanol–water partition coefficient (Wildman–Crippen LogP) is 4.40. The lowest BCUT2D eigenvalue weighted by molar-refractivity contribution is -0.125. The first-order chi connectivity index (χ1) is 15.2. The van der Waals surface area contributed by atoms with Crippen LogP contribution in [0.15, 0.2) is 48.0 Å². The van der Waals surface area contributed by atoms with Gasteiger partial charge in [-0.05, 0) is 37.6 Å². The zero-order valence-electron chi connectivity index (χ0n) is 17.5. The molecule has 0 bridgehead atoms. The lowest BCUT2D eigenvalue weighted by Crippen LogP contribution is -2.43. The van der Waals surface area contributed by atoms with E-state index in [9.17, 15) is 4.79 Å². The number of aryl methyl sites for hydroxylation is 1. The SMILES string of the molecule is Cc1ccc(-c2cn3nc(N4CCC[C@@H](C(=O)NCCc5cccs5)C4)sc3n2)cc1. The standard InChI is InChI=1S/C23H25N5OS2/c1-16-6-8-17(9-7-16)20-15-28-22(25-20)31-23(26-28)27-12-2-4-18(14-27)21(29)24-11-10-19-5-3-13-30-19/h3,5-9,13,15,18H,2,4,10-12,14H2,1H3,(H,24,29)/t18-/m1/s1. The summed E-state index contributed by atoms with van der Waals surface area (Å²) >= 11 is 3.32. The highest BCUT2D eigenvalue weighted by Gasteiger charge is 2.27. The van der Waals surface area contributed by atoms with E-state index in [0.29, 0.717) is 13.1 Å². The summed E-state index contributed by atoms with van der Waals surface area (Å²) in [7, 11) is 0. The highest BCUT2D eigenvalue weighted by molar-refractivity contribution is 7.20. The number of hydrogen-bond donors (Lipinski definition) is 1. The summed E-state index contributed by atoms with van der Waals surface area (Å²) in [5.74, 6) is 0.167. The molecule has 1 N–H and O–H groups in total. The Bertz CT molecular complexity index is 1130. The third kappa shape index (κ3) is 4.50. The van der Waals surface area contributed by atoms with Gasteiger partial charge < -0.3 is 10.2 Å². The number of hydrogen-bond acceptors (Lipinski definition) is 6. The lowest BCUT2D eigenvalue weighted by Gasteiger charge is -2.31. The highest BCUT2D eigenvalue weighted by atomic mass is 32.1. The Hall–Kier alpha value is -2.71. The number of amides is 1. The van der Waals surface area contributed by atoms with E-state index in [4.69, 9.17) is 10.1 Å². The maximum absolute atomic E-state index is 12.7. The topological polar surface area (TPSA) is 62.5 Å². The number of anilines is 1. The number of rotatable bonds is 6. The summed E-state index contributed by atoms with van der Waals surface area (Å²) in [5, 5.41) is 10.9. The van der Waals surface area contributed by atoms with Crippen molar-refractivity contribution in [2.24, 2.45) is 5.92 Å². The number of carbonyl (C=O) groups is 1. The van der Waals surface area contributed by atoms with Gasteiger partial charge in [-0.15, -0.1) is 16.4 Å². The van der Waals surface area contributed by atoms with E-state index in [-0.39, 0.29) is 11.8 Å². The molecular formula is C23H25N5OS2. The molecule has 1 aliphatic heterocycles. The first kappa shape index (κ1) is 20.2. The van der Waals surface area contributed by atoms with Crippen LogP contribution in [0.4, 0.5) is 5.13 Å². The van der Waals surface area contributed by atoms with E-state index in [2.05, 4.69) is 58.9 Å². The van der Waals surface area contributed by atoms with Gasteiger partial charge in [-0.2, -0.15) is 0 Å². The van der Waals surface area contributed by atoms with Gasteiger partial charge in [-0.25, -0.2) is 9.50 Å². The quantitative estimate of drug-likeness (QED) is 0.472. The number of thiophene rings is 1. The second-order valence-electron chi connectivity index (χ2n) is 8.01. The lowest BCUT2D eigenvalue weighted by atomic mass is 9.97. The first-order valence-corrected chi connectivity index (χ1v) is 12.3. The fourth-order valence-electron chi connectivity index (χ4n) is 3.95. The average molecular weight is 452 g/mol. The summed E-state index contributed by atoms with van der Waals surface area (Å²) in [5.41, 5.74) is 3.27. The summed E-state index contributed by atoms with van der Waals surface area (Å²) < 4.78 is 1.86. The van der Waals surface area contributed by atoms with Crippen LogP contribution in [0.1, 0.15) is 23.3 Å². The zero-order valence-corrected chi connectivity index (χ0v) is 19.1. The number of imidazole rings is 1. The van der Waals surface area contributed by atoms with Gasteiger partial charge in [-0.1, -0.05) is 47.2 Å². The first-order valence-electron chi connectivity index (χ1n) is 10.6. The number of nitrogens with one attached hydrogen (secondary N) is 1. The summed E-state index contributed by atoms with van der Waals surface area (Å²) in [4.78, 5) is 21.9. The van der Waals surface area contributed by atoms with E-state index < -0.39 is 0 Å². The zero-order chi connectivity index (χ0) is 21.2. The molecule has 3 aromatic heterocycles. The van der Waals surface area contributed by atoms with Crippen molar-refractivity contribution < 1.29 is 4.79 Å². The van der Waals surface area contributed by atoms with Crippen LogP contribution in [0.2, 0.25) is 0 Å². The van der Waals surface area contributed by atoms with Gasteiger partial charge in [0, 0.05) is 30.1 Å². The van der Waals surface area contributed by atoms with Gasteiger partial charge in [-0.3, -0.25) is 4.79 Å². The second kappa shape index (κ2) is 8.80. The molecule has 8 heteroatoms. The van der Waals surface area contributed by atoms with Gasteiger partial charge in [0.25, 0.3) is 0 Å². The maximum atomic E-state index is 12.7. The smallest absolute Gasteiger partial charge is 0.224 e. The molecule has 0 spiro atoms. The summed E-state index contributed by atoms with van der Waals surface area (Å²) in [6.45, 7) is 4.43. The molecule has 0 saturated carbocycles. The van der Waals surface area contributed by atoms with Crippen molar-refractivity contribution in [2.45, 2.75) is 26.2 Å². The van der Waals surface area contributed by atoms with Crippen molar-refractivity contribution in [3.8, 4) is 11.3 Å². The van der Waals surface area contributed by atoms with E-state index >= 15 is 0 Å². The largest absolute Gasteiger partial charge is 0.355 e. The third-order valence-corrected chi connectivity index (χ3v) is 7.61. The summed E-state index contributed by atoms with van der Waals surface area (Å²) in [6.07, 6.45) is 4.81. The molecule has 1 amide bonds.